The van der Waals surface area contributed by atoms with Crippen molar-refractivity contribution in [2.24, 2.45) is 5.84 Å². The van der Waals surface area contributed by atoms with E-state index >= 15 is 0 Å². The zero-order valence-corrected chi connectivity index (χ0v) is 10.2. The third-order valence-corrected chi connectivity index (χ3v) is 2.55. The van der Waals surface area contributed by atoms with Crippen LogP contribution in [0, 0.1) is 10.1 Å². The highest BCUT2D eigenvalue weighted by atomic mass is 16.6. The van der Waals surface area contributed by atoms with Crippen LogP contribution in [0.2, 0.25) is 0 Å². The maximum Gasteiger partial charge on any atom is 0.294 e. The smallest absolute Gasteiger partial charge is 0.294 e. The number of nitrogen functional groups attached to an aromatic ring is 1. The number of aromatic nitrogens is 1. The van der Waals surface area contributed by atoms with Crippen LogP contribution in [-0.2, 0) is 0 Å². The molecule has 0 radical (unpaired) electrons. The fourth-order valence-corrected chi connectivity index (χ4v) is 1.58. The largest absolute Gasteiger partial charge is 0.322 e. The van der Waals surface area contributed by atoms with Gasteiger partial charge in [-0.15, -0.1) is 0 Å². The first-order chi connectivity index (χ1) is 9.61. The van der Waals surface area contributed by atoms with Gasteiger partial charge in [0.15, 0.2) is 0 Å². The first-order valence-electron chi connectivity index (χ1n) is 5.58. The lowest BCUT2D eigenvalue weighted by molar-refractivity contribution is -0.384. The minimum atomic E-state index is -0.613. The van der Waals surface area contributed by atoms with E-state index < -0.39 is 10.8 Å². The normalized spacial score (nSPS) is 9.85. The molecule has 0 saturated heterocycles. The van der Waals surface area contributed by atoms with Gasteiger partial charge in [0.25, 0.3) is 11.6 Å². The van der Waals surface area contributed by atoms with Gasteiger partial charge in [-0.05, 0) is 24.3 Å². The van der Waals surface area contributed by atoms with Crippen molar-refractivity contribution in [3.63, 3.8) is 0 Å². The first-order valence-corrected chi connectivity index (χ1v) is 5.58. The Morgan fingerprint density at radius 3 is 2.55 bits per heavy atom. The van der Waals surface area contributed by atoms with Crippen LogP contribution in [0.3, 0.4) is 0 Å². The lowest BCUT2D eigenvalue weighted by Gasteiger charge is -2.06. The number of rotatable bonds is 4. The number of nitro benzene ring substituents is 1. The lowest BCUT2D eigenvalue weighted by Crippen LogP contribution is -2.14. The second-order valence-electron chi connectivity index (χ2n) is 3.82. The van der Waals surface area contributed by atoms with Gasteiger partial charge in [0, 0.05) is 29.7 Å². The number of nitrogens with zero attached hydrogens (tertiary/aromatic N) is 2. The predicted octanol–water partition coefficient (Wildman–Crippen LogP) is 1.53. The highest BCUT2D eigenvalue weighted by Crippen LogP contribution is 2.25. The van der Waals surface area contributed by atoms with Crippen LogP contribution in [0.25, 0.3) is 0 Å². The average Bonchev–Trinajstić information content (AvgIpc) is 2.47. The molecule has 0 aliphatic rings. The Morgan fingerprint density at radius 2 is 1.95 bits per heavy atom. The van der Waals surface area contributed by atoms with E-state index in [4.69, 9.17) is 5.84 Å². The van der Waals surface area contributed by atoms with E-state index in [2.05, 4.69) is 15.7 Å². The summed E-state index contributed by atoms with van der Waals surface area (Å²) in [5, 5.41) is 13.5. The molecule has 4 N–H and O–H groups in total. The maximum atomic E-state index is 12.0. The molecule has 0 fully saturated rings. The Bertz CT molecular complexity index is 645. The van der Waals surface area contributed by atoms with Crippen molar-refractivity contribution in [2.75, 3.05) is 10.7 Å². The fourth-order valence-electron chi connectivity index (χ4n) is 1.58. The van der Waals surface area contributed by atoms with Gasteiger partial charge in [0.1, 0.15) is 5.69 Å². The van der Waals surface area contributed by atoms with Crippen LogP contribution >= 0.6 is 0 Å². The van der Waals surface area contributed by atoms with E-state index in [9.17, 15) is 14.9 Å². The Labute approximate surface area is 113 Å². The molecule has 102 valence electrons. The number of nitrogens with two attached hydrogens (primary N) is 1. The summed E-state index contributed by atoms with van der Waals surface area (Å²) >= 11 is 0. The molecule has 0 spiro atoms. The SMILES string of the molecule is NNc1ccc(C(=O)Nc2ccncc2)cc1[N+](=O)[O-]. The van der Waals surface area contributed by atoms with Gasteiger partial charge < -0.3 is 10.7 Å². The maximum absolute atomic E-state index is 12.0. The van der Waals surface area contributed by atoms with Gasteiger partial charge in [-0.3, -0.25) is 25.7 Å². The van der Waals surface area contributed by atoms with Gasteiger partial charge in [-0.1, -0.05) is 0 Å². The molecule has 0 saturated carbocycles. The molecule has 2 aromatic rings. The molecule has 0 aliphatic heterocycles. The summed E-state index contributed by atoms with van der Waals surface area (Å²) in [6.45, 7) is 0. The van der Waals surface area contributed by atoms with Crippen molar-refractivity contribution in [1.29, 1.82) is 0 Å². The van der Waals surface area contributed by atoms with Crippen LogP contribution in [0.5, 0.6) is 0 Å². The summed E-state index contributed by atoms with van der Waals surface area (Å²) in [5.74, 6) is 4.72. The Hall–Kier alpha value is -3.00. The Morgan fingerprint density at radius 1 is 1.25 bits per heavy atom. The van der Waals surface area contributed by atoms with Crippen LogP contribution in [0.4, 0.5) is 17.1 Å². The molecule has 0 unspecified atom stereocenters. The zero-order chi connectivity index (χ0) is 14.5. The second-order valence-corrected chi connectivity index (χ2v) is 3.82. The van der Waals surface area contributed by atoms with Gasteiger partial charge in [0.2, 0.25) is 0 Å². The summed E-state index contributed by atoms with van der Waals surface area (Å²) < 4.78 is 0. The van der Waals surface area contributed by atoms with E-state index in [-0.39, 0.29) is 16.9 Å². The third kappa shape index (κ3) is 2.87. The molecule has 0 bridgehead atoms. The van der Waals surface area contributed by atoms with Gasteiger partial charge in [-0.2, -0.15) is 0 Å². The molecule has 1 heterocycles. The molecule has 0 atom stereocenters. The van der Waals surface area contributed by atoms with Crippen molar-refractivity contribution in [3.05, 3.63) is 58.4 Å². The predicted molar refractivity (Wildman–Crippen MR) is 73.1 cm³/mol. The number of hydrogen-bond donors (Lipinski definition) is 3. The van der Waals surface area contributed by atoms with Gasteiger partial charge in [-0.25, -0.2) is 0 Å². The van der Waals surface area contributed by atoms with E-state index in [1.165, 1.54) is 24.5 Å². The van der Waals surface area contributed by atoms with Crippen LogP contribution in [0.15, 0.2) is 42.7 Å². The first kappa shape index (κ1) is 13.4. The molecule has 20 heavy (non-hydrogen) atoms. The van der Waals surface area contributed by atoms with Crippen molar-refractivity contribution >= 4 is 23.0 Å². The molecular formula is C12H11N5O3. The highest BCUT2D eigenvalue weighted by molar-refractivity contribution is 6.05. The zero-order valence-electron chi connectivity index (χ0n) is 10.2. The highest BCUT2D eigenvalue weighted by Gasteiger charge is 2.17. The van der Waals surface area contributed by atoms with E-state index in [0.717, 1.165) is 6.07 Å². The van der Waals surface area contributed by atoms with Crippen molar-refractivity contribution in [2.45, 2.75) is 0 Å². The number of anilines is 2. The number of carbonyl (C=O) groups is 1. The molecule has 1 amide bonds. The number of hydrogen-bond acceptors (Lipinski definition) is 6. The number of benzene rings is 1. The van der Waals surface area contributed by atoms with E-state index in [0.29, 0.717) is 5.69 Å². The molecule has 8 heteroatoms. The molecule has 0 aliphatic carbocycles. The Balaban J connectivity index is 2.27. The minimum Gasteiger partial charge on any atom is -0.322 e. The molecule has 1 aromatic carbocycles. The quantitative estimate of drug-likeness (QED) is 0.441. The summed E-state index contributed by atoms with van der Waals surface area (Å²) in [6, 6.07) is 7.20. The standard InChI is InChI=1S/C12H11N5O3/c13-16-10-2-1-8(7-11(10)17(19)20)12(18)15-9-3-5-14-6-4-9/h1-7,16H,13H2,(H,14,15,18). The van der Waals surface area contributed by atoms with Gasteiger partial charge in [0.05, 0.1) is 4.92 Å². The monoisotopic (exact) mass is 273 g/mol. The fraction of sp³-hybridized carbons (Fsp3) is 0. The number of nitrogens with one attached hydrogen (secondary N) is 2. The van der Waals surface area contributed by atoms with Crippen molar-refractivity contribution < 1.29 is 9.72 Å². The summed E-state index contributed by atoms with van der Waals surface area (Å²) in [7, 11) is 0. The number of amides is 1. The number of hydrazine groups is 1. The van der Waals surface area contributed by atoms with E-state index in [1.807, 2.05) is 0 Å². The minimum absolute atomic E-state index is 0.135. The van der Waals surface area contributed by atoms with Crippen LogP contribution in [-0.4, -0.2) is 15.8 Å². The number of nitro groups is 1. The van der Waals surface area contributed by atoms with Crippen molar-refractivity contribution in [1.82, 2.24) is 4.98 Å². The van der Waals surface area contributed by atoms with Crippen molar-refractivity contribution in [3.8, 4) is 0 Å². The molecule has 8 nitrogen and oxygen atoms in total. The lowest BCUT2D eigenvalue weighted by atomic mass is 10.1. The number of carbonyl (C=O) groups excluding carboxylic acids is 1. The second kappa shape index (κ2) is 5.76. The summed E-state index contributed by atoms with van der Waals surface area (Å²) in [5.41, 5.74) is 2.79. The average molecular weight is 273 g/mol. The molecule has 2 rings (SSSR count). The summed E-state index contributed by atoms with van der Waals surface area (Å²) in [4.78, 5) is 26.1. The molecule has 1 aromatic heterocycles. The van der Waals surface area contributed by atoms with Crippen LogP contribution in [0.1, 0.15) is 10.4 Å². The topological polar surface area (TPSA) is 123 Å². The number of pyridine rings is 1. The van der Waals surface area contributed by atoms with Crippen LogP contribution < -0.4 is 16.6 Å². The van der Waals surface area contributed by atoms with E-state index in [1.54, 1.807) is 12.1 Å². The van der Waals surface area contributed by atoms with Gasteiger partial charge >= 0.3 is 0 Å². The Kier molecular flexibility index (Phi) is 3.87. The molecular weight excluding hydrogens is 262 g/mol. The summed E-state index contributed by atoms with van der Waals surface area (Å²) in [6.07, 6.45) is 3.05. The third-order valence-electron chi connectivity index (χ3n) is 2.55.